The van der Waals surface area contributed by atoms with Crippen molar-refractivity contribution in [2.24, 2.45) is 0 Å². The van der Waals surface area contributed by atoms with Crippen LogP contribution in [0.5, 0.6) is 5.75 Å². The third kappa shape index (κ3) is 4.98. The summed E-state index contributed by atoms with van der Waals surface area (Å²) in [5, 5.41) is 3.35. The van der Waals surface area contributed by atoms with Gasteiger partial charge in [-0.2, -0.15) is 8.78 Å². The van der Waals surface area contributed by atoms with Crippen LogP contribution in [0.4, 0.5) is 13.9 Å². The molecule has 0 radical (unpaired) electrons. The van der Waals surface area contributed by atoms with E-state index in [0.29, 0.717) is 23.7 Å². The Morgan fingerprint density at radius 2 is 2.19 bits per heavy atom. The summed E-state index contributed by atoms with van der Waals surface area (Å²) in [6, 6.07) is 6.28. The Balaban J connectivity index is 1.60. The number of carbonyl (C=O) groups is 1. The third-order valence-electron chi connectivity index (χ3n) is 4.11. The number of anilines is 1. The molecule has 1 atom stereocenters. The average molecular weight is 382 g/mol. The van der Waals surface area contributed by atoms with Gasteiger partial charge in [-0.15, -0.1) is 11.3 Å². The number of benzene rings is 1. The highest BCUT2D eigenvalue weighted by atomic mass is 32.1. The number of hydrogen-bond donors (Lipinski definition) is 1. The molecule has 1 aliphatic heterocycles. The molecule has 26 heavy (non-hydrogen) atoms. The molecule has 0 bridgehead atoms. The Bertz CT molecular complexity index is 743. The van der Waals surface area contributed by atoms with Crippen molar-refractivity contribution in [2.45, 2.75) is 45.3 Å². The molecule has 0 aliphatic carbocycles. The van der Waals surface area contributed by atoms with Gasteiger partial charge in [-0.25, -0.2) is 4.98 Å². The van der Waals surface area contributed by atoms with E-state index in [0.717, 1.165) is 29.9 Å². The molecule has 140 valence electrons. The molecular formula is C18H20F2N2O3S. The van der Waals surface area contributed by atoms with Gasteiger partial charge in [-0.3, -0.25) is 4.79 Å². The van der Waals surface area contributed by atoms with Crippen LogP contribution in [0.3, 0.4) is 0 Å². The van der Waals surface area contributed by atoms with Gasteiger partial charge in [-0.1, -0.05) is 0 Å². The molecule has 3 rings (SSSR count). The molecule has 1 saturated heterocycles. The first-order valence-corrected chi connectivity index (χ1v) is 9.27. The van der Waals surface area contributed by atoms with E-state index in [1.807, 2.05) is 6.92 Å². The highest BCUT2D eigenvalue weighted by Crippen LogP contribution is 2.31. The first-order chi connectivity index (χ1) is 12.5. The van der Waals surface area contributed by atoms with E-state index in [-0.39, 0.29) is 17.8 Å². The zero-order valence-corrected chi connectivity index (χ0v) is 15.2. The number of aromatic nitrogens is 1. The SMILES string of the molecule is Cc1sc(NC(=O)CCC2CCCO2)nc1-c1ccc(OC(F)F)cc1. The first kappa shape index (κ1) is 18.7. The van der Waals surface area contributed by atoms with Crippen molar-refractivity contribution in [1.29, 1.82) is 0 Å². The summed E-state index contributed by atoms with van der Waals surface area (Å²) in [5.74, 6) is 0.0146. The molecule has 1 N–H and O–H groups in total. The molecule has 1 aromatic heterocycles. The van der Waals surface area contributed by atoms with Crippen LogP contribution in [0, 0.1) is 6.92 Å². The van der Waals surface area contributed by atoms with Crippen LogP contribution in [-0.4, -0.2) is 30.2 Å². The summed E-state index contributed by atoms with van der Waals surface area (Å²) in [7, 11) is 0. The van der Waals surface area contributed by atoms with Gasteiger partial charge in [0, 0.05) is 23.5 Å². The minimum atomic E-state index is -2.85. The van der Waals surface area contributed by atoms with Gasteiger partial charge in [0.25, 0.3) is 0 Å². The number of hydrogen-bond acceptors (Lipinski definition) is 5. The molecule has 0 spiro atoms. The monoisotopic (exact) mass is 382 g/mol. The fourth-order valence-corrected chi connectivity index (χ4v) is 3.71. The Labute approximate surface area is 154 Å². The van der Waals surface area contributed by atoms with E-state index in [2.05, 4.69) is 15.0 Å². The van der Waals surface area contributed by atoms with Crippen LogP contribution in [-0.2, 0) is 9.53 Å². The summed E-state index contributed by atoms with van der Waals surface area (Å²) >= 11 is 1.38. The van der Waals surface area contributed by atoms with E-state index in [1.165, 1.54) is 23.5 Å². The van der Waals surface area contributed by atoms with Crippen molar-refractivity contribution in [3.8, 4) is 17.0 Å². The van der Waals surface area contributed by atoms with Crippen LogP contribution in [0.1, 0.15) is 30.6 Å². The number of carbonyl (C=O) groups excluding carboxylic acids is 1. The second kappa shape index (κ2) is 8.55. The Morgan fingerprint density at radius 3 is 2.85 bits per heavy atom. The number of nitrogens with one attached hydrogen (secondary N) is 1. The second-order valence-corrected chi connectivity index (χ2v) is 7.25. The maximum atomic E-state index is 12.2. The van der Waals surface area contributed by atoms with E-state index >= 15 is 0 Å². The quantitative estimate of drug-likeness (QED) is 0.759. The number of nitrogens with zero attached hydrogens (tertiary/aromatic N) is 1. The Kier molecular flexibility index (Phi) is 6.16. The smallest absolute Gasteiger partial charge is 0.387 e. The fourth-order valence-electron chi connectivity index (χ4n) is 2.86. The Hall–Kier alpha value is -2.06. The average Bonchev–Trinajstić information content (AvgIpc) is 3.23. The highest BCUT2D eigenvalue weighted by Gasteiger charge is 2.18. The van der Waals surface area contributed by atoms with Crippen molar-refractivity contribution >= 4 is 22.4 Å². The van der Waals surface area contributed by atoms with Crippen LogP contribution in [0.25, 0.3) is 11.3 Å². The molecular weight excluding hydrogens is 362 g/mol. The number of ether oxygens (including phenoxy) is 2. The topological polar surface area (TPSA) is 60.5 Å². The zero-order chi connectivity index (χ0) is 18.5. The number of halogens is 2. The van der Waals surface area contributed by atoms with Gasteiger partial charge in [0.15, 0.2) is 5.13 Å². The van der Waals surface area contributed by atoms with Gasteiger partial charge in [0.1, 0.15) is 5.75 Å². The molecule has 5 nitrogen and oxygen atoms in total. The lowest BCUT2D eigenvalue weighted by Gasteiger charge is -2.08. The highest BCUT2D eigenvalue weighted by molar-refractivity contribution is 7.16. The molecule has 1 aromatic carbocycles. The molecule has 1 amide bonds. The van der Waals surface area contributed by atoms with Gasteiger partial charge >= 0.3 is 6.61 Å². The second-order valence-electron chi connectivity index (χ2n) is 6.05. The van der Waals surface area contributed by atoms with Gasteiger partial charge < -0.3 is 14.8 Å². The lowest BCUT2D eigenvalue weighted by Crippen LogP contribution is -2.15. The number of thiazole rings is 1. The number of amides is 1. The predicted molar refractivity (Wildman–Crippen MR) is 95.8 cm³/mol. The maximum Gasteiger partial charge on any atom is 0.387 e. The van der Waals surface area contributed by atoms with Crippen molar-refractivity contribution < 1.29 is 23.0 Å². The van der Waals surface area contributed by atoms with Gasteiger partial charge in [0.05, 0.1) is 11.8 Å². The molecule has 1 aliphatic rings. The summed E-state index contributed by atoms with van der Waals surface area (Å²) in [6.45, 7) is -0.167. The van der Waals surface area contributed by atoms with Crippen LogP contribution < -0.4 is 10.1 Å². The van der Waals surface area contributed by atoms with Crippen molar-refractivity contribution in [3.63, 3.8) is 0 Å². The molecule has 1 fully saturated rings. The normalized spacial score (nSPS) is 16.8. The summed E-state index contributed by atoms with van der Waals surface area (Å²) in [4.78, 5) is 17.5. The van der Waals surface area contributed by atoms with E-state index in [4.69, 9.17) is 4.74 Å². The molecule has 2 heterocycles. The summed E-state index contributed by atoms with van der Waals surface area (Å²) in [6.07, 6.45) is 3.37. The van der Waals surface area contributed by atoms with Crippen molar-refractivity contribution in [1.82, 2.24) is 4.98 Å². The fraction of sp³-hybridized carbons (Fsp3) is 0.444. The maximum absolute atomic E-state index is 12.2. The predicted octanol–water partition coefficient (Wildman–Crippen LogP) is 4.62. The van der Waals surface area contributed by atoms with E-state index < -0.39 is 6.61 Å². The minimum Gasteiger partial charge on any atom is -0.435 e. The van der Waals surface area contributed by atoms with Crippen LogP contribution in [0.15, 0.2) is 24.3 Å². The largest absolute Gasteiger partial charge is 0.435 e. The molecule has 0 saturated carbocycles. The van der Waals surface area contributed by atoms with Crippen LogP contribution in [0.2, 0.25) is 0 Å². The molecule has 8 heteroatoms. The molecule has 2 aromatic rings. The lowest BCUT2D eigenvalue weighted by atomic mass is 10.1. The summed E-state index contributed by atoms with van der Waals surface area (Å²) < 4.78 is 34.3. The van der Waals surface area contributed by atoms with Crippen LogP contribution >= 0.6 is 11.3 Å². The number of alkyl halides is 2. The lowest BCUT2D eigenvalue weighted by molar-refractivity contribution is -0.116. The van der Waals surface area contributed by atoms with Gasteiger partial charge in [-0.05, 0) is 50.5 Å². The zero-order valence-electron chi connectivity index (χ0n) is 14.3. The van der Waals surface area contributed by atoms with E-state index in [1.54, 1.807) is 12.1 Å². The minimum absolute atomic E-state index is 0.0820. The van der Waals surface area contributed by atoms with Gasteiger partial charge in [0.2, 0.25) is 5.91 Å². The number of rotatable bonds is 7. The standard InChI is InChI=1S/C18H20F2N2O3S/c1-11-16(12-4-6-14(7-5-12)25-17(19)20)22-18(26-11)21-15(23)9-8-13-3-2-10-24-13/h4-7,13,17H,2-3,8-10H2,1H3,(H,21,22,23). The van der Waals surface area contributed by atoms with E-state index in [9.17, 15) is 13.6 Å². The Morgan fingerprint density at radius 1 is 1.42 bits per heavy atom. The molecule has 1 unspecified atom stereocenters. The summed E-state index contributed by atoms with van der Waals surface area (Å²) in [5.41, 5.74) is 1.49. The van der Waals surface area contributed by atoms with Crippen molar-refractivity contribution in [3.05, 3.63) is 29.1 Å². The number of aryl methyl sites for hydroxylation is 1. The first-order valence-electron chi connectivity index (χ1n) is 8.45. The van der Waals surface area contributed by atoms with Crippen molar-refractivity contribution in [2.75, 3.05) is 11.9 Å². The third-order valence-corrected chi connectivity index (χ3v) is 5.00.